The first kappa shape index (κ1) is 17.4. The predicted molar refractivity (Wildman–Crippen MR) is 106 cm³/mol. The number of ketones is 1. The number of Topliss-reactive ketones (excluding diaryl/α,β-unsaturated/α-hetero) is 1. The lowest BCUT2D eigenvalue weighted by atomic mass is 9.91. The summed E-state index contributed by atoms with van der Waals surface area (Å²) in [6.45, 7) is 4.19. The Bertz CT molecular complexity index is 966. The number of nitrogens with one attached hydrogen (secondary N) is 2. The van der Waals surface area contributed by atoms with E-state index in [1.165, 1.54) is 0 Å². The third-order valence-electron chi connectivity index (χ3n) is 5.45. The number of hydrogen-bond donors (Lipinski definition) is 2. The molecule has 2 aliphatic heterocycles. The summed E-state index contributed by atoms with van der Waals surface area (Å²) in [5.74, 6) is 0.167. The van der Waals surface area contributed by atoms with Crippen LogP contribution < -0.4 is 10.6 Å². The van der Waals surface area contributed by atoms with E-state index < -0.39 is 0 Å². The summed E-state index contributed by atoms with van der Waals surface area (Å²) >= 11 is 0. The average Bonchev–Trinajstić information content (AvgIpc) is 2.81. The number of likely N-dealkylation sites (N-methyl/N-ethyl adjacent to an activating group) is 1. The molecule has 4 rings (SSSR count). The Kier molecular flexibility index (Phi) is 4.28. The van der Waals surface area contributed by atoms with Crippen LogP contribution in [0.3, 0.4) is 0 Å². The van der Waals surface area contributed by atoms with Gasteiger partial charge in [-0.3, -0.25) is 14.5 Å². The number of anilines is 3. The first-order chi connectivity index (χ1) is 13.0. The fourth-order valence-corrected chi connectivity index (χ4v) is 3.65. The normalized spacial score (nSPS) is 21.9. The predicted octanol–water partition coefficient (Wildman–Crippen LogP) is 3.61. The third kappa shape index (κ3) is 3.02. The fraction of sp³-hybridized carbons (Fsp3) is 0.286. The number of carbonyl (C=O) groups is 2. The van der Waals surface area contributed by atoms with Crippen LogP contribution in [0, 0.1) is 0 Å². The Hall–Kier alpha value is -2.99. The lowest BCUT2D eigenvalue weighted by molar-refractivity contribution is 0.101. The van der Waals surface area contributed by atoms with Crippen molar-refractivity contribution in [1.29, 1.82) is 0 Å². The molecule has 1 aromatic carbocycles. The highest BCUT2D eigenvalue weighted by Gasteiger charge is 2.29. The average molecular weight is 362 g/mol. The van der Waals surface area contributed by atoms with E-state index in [-0.39, 0.29) is 23.8 Å². The second-order valence-electron chi connectivity index (χ2n) is 7.19. The van der Waals surface area contributed by atoms with Crippen molar-refractivity contribution in [2.75, 3.05) is 17.7 Å². The van der Waals surface area contributed by atoms with Crippen LogP contribution in [0.5, 0.6) is 0 Å². The molecule has 138 valence electrons. The highest BCUT2D eigenvalue weighted by Crippen LogP contribution is 2.34. The number of benzene rings is 1. The van der Waals surface area contributed by atoms with Crippen molar-refractivity contribution in [1.82, 2.24) is 9.88 Å². The van der Waals surface area contributed by atoms with Crippen LogP contribution in [0.25, 0.3) is 0 Å². The SMILES string of the molecule is C[C@@H]1CC(C(=O)c2ccnc3c2NC(=O)c2ccccc2N3)=C[C@H](C)N1C. The number of hydrogen-bond acceptors (Lipinski definition) is 5. The van der Waals surface area contributed by atoms with Gasteiger partial charge in [0.2, 0.25) is 0 Å². The van der Waals surface area contributed by atoms with Gasteiger partial charge in [-0.15, -0.1) is 0 Å². The van der Waals surface area contributed by atoms with Gasteiger partial charge in [-0.05, 0) is 51.1 Å². The largest absolute Gasteiger partial charge is 0.338 e. The molecule has 0 radical (unpaired) electrons. The van der Waals surface area contributed by atoms with Gasteiger partial charge in [0.25, 0.3) is 5.91 Å². The van der Waals surface area contributed by atoms with Crippen LogP contribution in [0.15, 0.2) is 48.2 Å². The number of carbonyl (C=O) groups excluding carboxylic acids is 2. The number of pyridine rings is 1. The minimum atomic E-state index is -0.252. The van der Waals surface area contributed by atoms with E-state index in [9.17, 15) is 9.59 Å². The maximum absolute atomic E-state index is 13.3. The number of fused-ring (bicyclic) bond motifs is 2. The number of para-hydroxylation sites is 1. The first-order valence-electron chi connectivity index (χ1n) is 9.09. The molecule has 6 nitrogen and oxygen atoms in total. The lowest BCUT2D eigenvalue weighted by Gasteiger charge is -2.34. The van der Waals surface area contributed by atoms with Gasteiger partial charge >= 0.3 is 0 Å². The third-order valence-corrected chi connectivity index (χ3v) is 5.45. The zero-order valence-corrected chi connectivity index (χ0v) is 15.6. The minimum Gasteiger partial charge on any atom is -0.338 e. The van der Waals surface area contributed by atoms with Crippen molar-refractivity contribution in [3.8, 4) is 0 Å². The van der Waals surface area contributed by atoms with E-state index >= 15 is 0 Å². The molecular formula is C21H22N4O2. The summed E-state index contributed by atoms with van der Waals surface area (Å²) in [6, 6.07) is 9.36. The minimum absolute atomic E-state index is 0.0616. The number of rotatable bonds is 2. The maximum Gasteiger partial charge on any atom is 0.257 e. The van der Waals surface area contributed by atoms with Crippen molar-refractivity contribution in [2.45, 2.75) is 32.4 Å². The molecule has 0 bridgehead atoms. The highest BCUT2D eigenvalue weighted by molar-refractivity contribution is 6.19. The van der Waals surface area contributed by atoms with Gasteiger partial charge in [0.15, 0.2) is 11.6 Å². The van der Waals surface area contributed by atoms with Gasteiger partial charge in [0.1, 0.15) is 0 Å². The molecule has 0 aliphatic carbocycles. The molecule has 0 saturated carbocycles. The Morgan fingerprint density at radius 3 is 2.74 bits per heavy atom. The summed E-state index contributed by atoms with van der Waals surface area (Å²) in [6.07, 6.45) is 4.29. The summed E-state index contributed by atoms with van der Waals surface area (Å²) in [5.41, 5.74) is 2.87. The summed E-state index contributed by atoms with van der Waals surface area (Å²) in [7, 11) is 2.06. The Balaban J connectivity index is 1.75. The van der Waals surface area contributed by atoms with Crippen molar-refractivity contribution < 1.29 is 9.59 Å². The van der Waals surface area contributed by atoms with E-state index in [1.54, 1.807) is 18.3 Å². The zero-order valence-electron chi connectivity index (χ0n) is 15.6. The molecule has 3 heterocycles. The molecule has 0 spiro atoms. The molecule has 0 unspecified atom stereocenters. The summed E-state index contributed by atoms with van der Waals surface area (Å²) < 4.78 is 0. The van der Waals surface area contributed by atoms with Gasteiger partial charge in [-0.25, -0.2) is 4.98 Å². The molecule has 27 heavy (non-hydrogen) atoms. The summed E-state index contributed by atoms with van der Waals surface area (Å²) in [5, 5.41) is 6.06. The van der Waals surface area contributed by atoms with E-state index in [0.717, 1.165) is 5.57 Å². The van der Waals surface area contributed by atoms with Crippen molar-refractivity contribution >= 4 is 28.9 Å². The second kappa shape index (κ2) is 6.63. The molecule has 1 aromatic heterocycles. The molecule has 2 aromatic rings. The van der Waals surface area contributed by atoms with Crippen molar-refractivity contribution in [3.05, 3.63) is 59.3 Å². The smallest absolute Gasteiger partial charge is 0.257 e. The van der Waals surface area contributed by atoms with E-state index in [4.69, 9.17) is 0 Å². The highest BCUT2D eigenvalue weighted by atomic mass is 16.2. The van der Waals surface area contributed by atoms with Gasteiger partial charge in [-0.1, -0.05) is 18.2 Å². The molecule has 2 N–H and O–H groups in total. The Morgan fingerprint density at radius 2 is 1.96 bits per heavy atom. The van der Waals surface area contributed by atoms with Gasteiger partial charge < -0.3 is 10.6 Å². The quantitative estimate of drug-likeness (QED) is 0.799. The van der Waals surface area contributed by atoms with Crippen molar-refractivity contribution in [2.24, 2.45) is 0 Å². The molecular weight excluding hydrogens is 340 g/mol. The van der Waals surface area contributed by atoms with E-state index in [0.29, 0.717) is 34.7 Å². The molecule has 1 amide bonds. The second-order valence-corrected chi connectivity index (χ2v) is 7.19. The van der Waals surface area contributed by atoms with Crippen LogP contribution in [-0.4, -0.2) is 40.7 Å². The molecule has 0 saturated heterocycles. The standard InChI is InChI=1S/C21H22N4O2/c1-12-10-14(11-13(2)25(12)3)19(26)16-8-9-22-20-18(16)24-21(27)15-6-4-5-7-17(15)23-20/h4-10,12-13H,11H2,1-3H3,(H,22,23)(H,24,27)/t12-,13+/m0/s1. The van der Waals surface area contributed by atoms with Crippen LogP contribution in [0.2, 0.25) is 0 Å². The molecule has 0 fully saturated rings. The van der Waals surface area contributed by atoms with E-state index in [2.05, 4.69) is 41.4 Å². The van der Waals surface area contributed by atoms with Crippen LogP contribution >= 0.6 is 0 Å². The van der Waals surface area contributed by atoms with Gasteiger partial charge in [0.05, 0.1) is 22.5 Å². The van der Waals surface area contributed by atoms with Crippen molar-refractivity contribution in [3.63, 3.8) is 0 Å². The lowest BCUT2D eigenvalue weighted by Crippen LogP contribution is -2.40. The van der Waals surface area contributed by atoms with Gasteiger partial charge in [-0.2, -0.15) is 0 Å². The fourth-order valence-electron chi connectivity index (χ4n) is 3.65. The molecule has 2 atom stereocenters. The number of amides is 1. The van der Waals surface area contributed by atoms with Gasteiger partial charge in [0, 0.05) is 18.3 Å². The monoisotopic (exact) mass is 362 g/mol. The van der Waals surface area contributed by atoms with Crippen LogP contribution in [0.1, 0.15) is 41.0 Å². The van der Waals surface area contributed by atoms with Crippen LogP contribution in [0.4, 0.5) is 17.2 Å². The number of aromatic nitrogens is 1. The molecule has 6 heteroatoms. The Labute approximate surface area is 158 Å². The summed E-state index contributed by atoms with van der Waals surface area (Å²) in [4.78, 5) is 32.5. The Morgan fingerprint density at radius 1 is 1.19 bits per heavy atom. The van der Waals surface area contributed by atoms with E-state index in [1.807, 2.05) is 24.3 Å². The maximum atomic E-state index is 13.3. The number of nitrogens with zero attached hydrogens (tertiary/aromatic N) is 2. The topological polar surface area (TPSA) is 74.3 Å². The first-order valence-corrected chi connectivity index (χ1v) is 9.09. The zero-order chi connectivity index (χ0) is 19.1. The molecule has 2 aliphatic rings. The van der Waals surface area contributed by atoms with Crippen LogP contribution in [-0.2, 0) is 0 Å².